The molecule has 0 aliphatic rings. The van der Waals surface area contributed by atoms with E-state index in [0.29, 0.717) is 12.8 Å². The third-order valence-electron chi connectivity index (χ3n) is 2.57. The van der Waals surface area contributed by atoms with Gasteiger partial charge in [0.05, 0.1) is 13.7 Å². The number of carbonyl (C=O) groups is 4. The van der Waals surface area contributed by atoms with Crippen molar-refractivity contribution in [1.82, 2.24) is 5.32 Å². The number of amides is 1. The van der Waals surface area contributed by atoms with Gasteiger partial charge in [-0.3, -0.25) is 19.2 Å². The molecule has 0 rings (SSSR count). The Bertz CT molecular complexity index is 338. The van der Waals surface area contributed by atoms with Gasteiger partial charge in [-0.15, -0.1) is 0 Å². The summed E-state index contributed by atoms with van der Waals surface area (Å²) in [5, 5.41) is 2.46. The third kappa shape index (κ3) is 9.93. The normalized spacial score (nSPS) is 9.79. The van der Waals surface area contributed by atoms with Crippen molar-refractivity contribution in [3.8, 4) is 0 Å². The van der Waals surface area contributed by atoms with E-state index in [1.54, 1.807) is 6.92 Å². The summed E-state index contributed by atoms with van der Waals surface area (Å²) in [6, 6.07) is 0. The van der Waals surface area contributed by atoms with Crippen molar-refractivity contribution >= 4 is 23.4 Å². The second-order valence-electron chi connectivity index (χ2n) is 4.14. The van der Waals surface area contributed by atoms with Crippen LogP contribution in [0.4, 0.5) is 0 Å². The number of hydrogen-bond donors (Lipinski definition) is 1. The zero-order valence-corrected chi connectivity index (χ0v) is 11.5. The first-order chi connectivity index (χ1) is 8.99. The van der Waals surface area contributed by atoms with Crippen molar-refractivity contribution < 1.29 is 23.9 Å². The first-order valence-electron chi connectivity index (χ1n) is 6.36. The molecule has 0 spiro atoms. The summed E-state index contributed by atoms with van der Waals surface area (Å²) in [5.74, 6) is -0.767. The van der Waals surface area contributed by atoms with E-state index in [1.807, 2.05) is 0 Å². The molecule has 0 unspecified atom stereocenters. The van der Waals surface area contributed by atoms with Crippen molar-refractivity contribution in [2.24, 2.45) is 0 Å². The second-order valence-corrected chi connectivity index (χ2v) is 4.14. The van der Waals surface area contributed by atoms with E-state index in [0.717, 1.165) is 0 Å². The molecule has 0 radical (unpaired) electrons. The first kappa shape index (κ1) is 17.3. The standard InChI is InChI=1S/C13H21NO5/c1-3-10(15)7-8-12(17)14-9-11(16)5-4-6-13(18)19-2/h3-9H2,1-2H3,(H,14,17). The Morgan fingerprint density at radius 2 is 1.63 bits per heavy atom. The van der Waals surface area contributed by atoms with E-state index in [1.165, 1.54) is 7.11 Å². The van der Waals surface area contributed by atoms with Gasteiger partial charge in [0.1, 0.15) is 5.78 Å². The predicted molar refractivity (Wildman–Crippen MR) is 68.4 cm³/mol. The lowest BCUT2D eigenvalue weighted by molar-refractivity contribution is -0.140. The number of ketones is 2. The Morgan fingerprint density at radius 3 is 2.21 bits per heavy atom. The molecular formula is C13H21NO5. The lowest BCUT2D eigenvalue weighted by atomic mass is 10.1. The van der Waals surface area contributed by atoms with Crippen LogP contribution in [0.3, 0.4) is 0 Å². The molecule has 0 aromatic rings. The molecule has 108 valence electrons. The van der Waals surface area contributed by atoms with Gasteiger partial charge >= 0.3 is 5.97 Å². The molecular weight excluding hydrogens is 250 g/mol. The fourth-order valence-corrected chi connectivity index (χ4v) is 1.34. The zero-order valence-electron chi connectivity index (χ0n) is 11.5. The highest BCUT2D eigenvalue weighted by Gasteiger charge is 2.08. The van der Waals surface area contributed by atoms with Gasteiger partial charge in [0.15, 0.2) is 5.78 Å². The fraction of sp³-hybridized carbons (Fsp3) is 0.692. The summed E-state index contributed by atoms with van der Waals surface area (Å²) in [6.45, 7) is 1.69. The summed E-state index contributed by atoms with van der Waals surface area (Å²) in [4.78, 5) is 44.5. The van der Waals surface area contributed by atoms with Crippen LogP contribution in [0, 0.1) is 0 Å². The maximum Gasteiger partial charge on any atom is 0.305 e. The van der Waals surface area contributed by atoms with Gasteiger partial charge < -0.3 is 10.1 Å². The number of nitrogens with one attached hydrogen (secondary N) is 1. The van der Waals surface area contributed by atoms with Crippen LogP contribution in [0.5, 0.6) is 0 Å². The van der Waals surface area contributed by atoms with Crippen molar-refractivity contribution in [2.45, 2.75) is 45.4 Å². The smallest absolute Gasteiger partial charge is 0.305 e. The number of rotatable bonds is 10. The zero-order chi connectivity index (χ0) is 14.7. The van der Waals surface area contributed by atoms with Crippen molar-refractivity contribution in [3.63, 3.8) is 0 Å². The summed E-state index contributed by atoms with van der Waals surface area (Å²) in [5.41, 5.74) is 0. The number of carbonyl (C=O) groups excluding carboxylic acids is 4. The highest BCUT2D eigenvalue weighted by atomic mass is 16.5. The molecule has 0 saturated carbocycles. The second kappa shape index (κ2) is 10.2. The fourth-order valence-electron chi connectivity index (χ4n) is 1.34. The van der Waals surface area contributed by atoms with Crippen LogP contribution in [-0.4, -0.2) is 37.1 Å². The Balaban J connectivity index is 3.64. The molecule has 0 aromatic heterocycles. The van der Waals surface area contributed by atoms with Crippen LogP contribution in [0.2, 0.25) is 0 Å². The topological polar surface area (TPSA) is 89.5 Å². The van der Waals surface area contributed by atoms with Crippen LogP contribution >= 0.6 is 0 Å². The molecule has 0 aliphatic heterocycles. The van der Waals surface area contributed by atoms with E-state index in [4.69, 9.17) is 0 Å². The van der Waals surface area contributed by atoms with Gasteiger partial charge in [0, 0.05) is 32.1 Å². The minimum Gasteiger partial charge on any atom is -0.469 e. The van der Waals surface area contributed by atoms with Gasteiger partial charge in [-0.25, -0.2) is 0 Å². The van der Waals surface area contributed by atoms with Crippen LogP contribution in [-0.2, 0) is 23.9 Å². The van der Waals surface area contributed by atoms with Crippen LogP contribution < -0.4 is 5.32 Å². The van der Waals surface area contributed by atoms with E-state index in [9.17, 15) is 19.2 Å². The molecule has 19 heavy (non-hydrogen) atoms. The SMILES string of the molecule is CCC(=O)CCC(=O)NCC(=O)CCCC(=O)OC. The molecule has 6 nitrogen and oxygen atoms in total. The molecule has 0 atom stereocenters. The van der Waals surface area contributed by atoms with E-state index in [2.05, 4.69) is 10.1 Å². The highest BCUT2D eigenvalue weighted by Crippen LogP contribution is 1.98. The first-order valence-corrected chi connectivity index (χ1v) is 6.36. The monoisotopic (exact) mass is 271 g/mol. The van der Waals surface area contributed by atoms with Crippen LogP contribution in [0.15, 0.2) is 0 Å². The minimum atomic E-state index is -0.352. The lowest BCUT2D eigenvalue weighted by Crippen LogP contribution is -2.29. The highest BCUT2D eigenvalue weighted by molar-refractivity contribution is 5.88. The number of esters is 1. The van der Waals surface area contributed by atoms with Crippen molar-refractivity contribution in [1.29, 1.82) is 0 Å². The maximum absolute atomic E-state index is 11.4. The third-order valence-corrected chi connectivity index (χ3v) is 2.57. The number of hydrogen-bond acceptors (Lipinski definition) is 5. The lowest BCUT2D eigenvalue weighted by Gasteiger charge is -2.04. The average Bonchev–Trinajstić information content (AvgIpc) is 2.41. The van der Waals surface area contributed by atoms with E-state index in [-0.39, 0.29) is 55.7 Å². The Kier molecular flexibility index (Phi) is 9.30. The van der Waals surface area contributed by atoms with Gasteiger partial charge in [-0.1, -0.05) is 6.92 Å². The van der Waals surface area contributed by atoms with Crippen molar-refractivity contribution in [3.05, 3.63) is 0 Å². The summed E-state index contributed by atoms with van der Waals surface area (Å²) in [7, 11) is 1.29. The quantitative estimate of drug-likeness (QED) is 0.593. The number of ether oxygens (including phenoxy) is 1. The molecule has 0 saturated heterocycles. The predicted octanol–water partition coefficient (Wildman–Crippen LogP) is 0.774. The summed E-state index contributed by atoms with van der Waals surface area (Å²) in [6.07, 6.45) is 1.57. The van der Waals surface area contributed by atoms with Crippen LogP contribution in [0.25, 0.3) is 0 Å². The molecule has 0 bridgehead atoms. The molecule has 6 heteroatoms. The van der Waals surface area contributed by atoms with Crippen molar-refractivity contribution in [2.75, 3.05) is 13.7 Å². The summed E-state index contributed by atoms with van der Waals surface area (Å²) >= 11 is 0. The molecule has 1 N–H and O–H groups in total. The van der Waals surface area contributed by atoms with E-state index < -0.39 is 0 Å². The number of methoxy groups -OCH3 is 1. The summed E-state index contributed by atoms with van der Waals surface area (Å²) < 4.78 is 4.44. The van der Waals surface area contributed by atoms with Crippen LogP contribution in [0.1, 0.15) is 45.4 Å². The Hall–Kier alpha value is -1.72. The van der Waals surface area contributed by atoms with E-state index >= 15 is 0 Å². The van der Waals surface area contributed by atoms with Gasteiger partial charge in [0.25, 0.3) is 0 Å². The van der Waals surface area contributed by atoms with Gasteiger partial charge in [0.2, 0.25) is 5.91 Å². The average molecular weight is 271 g/mol. The molecule has 1 amide bonds. The minimum absolute atomic E-state index is 0.0274. The van der Waals surface area contributed by atoms with Gasteiger partial charge in [-0.2, -0.15) is 0 Å². The maximum atomic E-state index is 11.4. The van der Waals surface area contributed by atoms with Gasteiger partial charge in [-0.05, 0) is 6.42 Å². The molecule has 0 aromatic carbocycles. The Morgan fingerprint density at radius 1 is 0.947 bits per heavy atom. The Labute approximate surface area is 112 Å². The molecule has 0 aliphatic carbocycles. The molecule has 0 heterocycles. The number of Topliss-reactive ketones (excluding diaryl/α,β-unsaturated/α-hetero) is 2. The largest absolute Gasteiger partial charge is 0.469 e. The molecule has 0 fully saturated rings.